The highest BCUT2D eigenvalue weighted by atomic mass is 127. The third-order valence-corrected chi connectivity index (χ3v) is 4.92. The SMILES string of the molecule is Cc1c(Nc2ccc(I)cc2F)c(C(O)NCC2CC2)nn(C)c1=O. The van der Waals surface area contributed by atoms with E-state index in [-0.39, 0.29) is 16.9 Å². The van der Waals surface area contributed by atoms with Crippen LogP contribution in [0.2, 0.25) is 0 Å². The van der Waals surface area contributed by atoms with Crippen LogP contribution in [0.3, 0.4) is 0 Å². The van der Waals surface area contributed by atoms with Gasteiger partial charge in [0, 0.05) is 22.7 Å². The topological polar surface area (TPSA) is 79.2 Å². The summed E-state index contributed by atoms with van der Waals surface area (Å²) in [6.45, 7) is 2.32. The van der Waals surface area contributed by atoms with E-state index in [0.717, 1.165) is 16.4 Å². The van der Waals surface area contributed by atoms with Crippen molar-refractivity contribution >= 4 is 34.0 Å². The molecule has 25 heavy (non-hydrogen) atoms. The van der Waals surface area contributed by atoms with Crippen LogP contribution in [0.4, 0.5) is 15.8 Å². The summed E-state index contributed by atoms with van der Waals surface area (Å²) in [4.78, 5) is 12.2. The smallest absolute Gasteiger partial charge is 0.271 e. The molecule has 1 atom stereocenters. The Labute approximate surface area is 158 Å². The number of aliphatic hydroxyl groups is 1. The number of nitrogens with zero attached hydrogens (tertiary/aromatic N) is 2. The molecule has 0 amide bonds. The van der Waals surface area contributed by atoms with E-state index in [9.17, 15) is 14.3 Å². The van der Waals surface area contributed by atoms with Gasteiger partial charge in [0.2, 0.25) is 0 Å². The number of aromatic nitrogens is 2. The van der Waals surface area contributed by atoms with E-state index in [2.05, 4.69) is 15.7 Å². The van der Waals surface area contributed by atoms with Crippen LogP contribution in [0.15, 0.2) is 23.0 Å². The summed E-state index contributed by atoms with van der Waals surface area (Å²) in [6, 6.07) is 4.76. The first-order valence-electron chi connectivity index (χ1n) is 8.08. The number of anilines is 2. The van der Waals surface area contributed by atoms with Crippen molar-refractivity contribution in [2.45, 2.75) is 26.0 Å². The molecule has 134 valence electrons. The average molecular weight is 458 g/mol. The molecule has 3 rings (SSSR count). The number of aryl methyl sites for hydroxylation is 1. The van der Waals surface area contributed by atoms with Gasteiger partial charge >= 0.3 is 0 Å². The zero-order chi connectivity index (χ0) is 18.1. The van der Waals surface area contributed by atoms with Gasteiger partial charge in [-0.25, -0.2) is 9.07 Å². The van der Waals surface area contributed by atoms with E-state index in [0.29, 0.717) is 23.7 Å². The number of aliphatic hydroxyl groups excluding tert-OH is 1. The first-order valence-corrected chi connectivity index (χ1v) is 9.16. The summed E-state index contributed by atoms with van der Waals surface area (Å²) in [5.74, 6) is 0.145. The maximum Gasteiger partial charge on any atom is 0.271 e. The average Bonchev–Trinajstić information content (AvgIpc) is 3.39. The lowest BCUT2D eigenvalue weighted by Gasteiger charge is -2.19. The molecule has 0 radical (unpaired) electrons. The fourth-order valence-corrected chi connectivity index (χ4v) is 3.02. The Morgan fingerprint density at radius 1 is 1.48 bits per heavy atom. The Bertz CT molecular complexity index is 851. The van der Waals surface area contributed by atoms with Crippen LogP contribution in [0.25, 0.3) is 0 Å². The Kier molecular flexibility index (Phi) is 5.40. The van der Waals surface area contributed by atoms with Crippen LogP contribution in [0.5, 0.6) is 0 Å². The molecule has 0 saturated heterocycles. The Morgan fingerprint density at radius 3 is 2.84 bits per heavy atom. The largest absolute Gasteiger partial charge is 0.372 e. The van der Waals surface area contributed by atoms with E-state index in [1.165, 1.54) is 17.8 Å². The third kappa shape index (κ3) is 4.18. The molecule has 8 heteroatoms. The van der Waals surface area contributed by atoms with Gasteiger partial charge in [-0.2, -0.15) is 5.10 Å². The molecule has 3 N–H and O–H groups in total. The lowest BCUT2D eigenvalue weighted by Crippen LogP contribution is -2.31. The molecule has 1 aliphatic carbocycles. The lowest BCUT2D eigenvalue weighted by molar-refractivity contribution is 0.131. The fraction of sp³-hybridized carbons (Fsp3) is 0.412. The van der Waals surface area contributed by atoms with Crippen LogP contribution in [-0.4, -0.2) is 21.4 Å². The monoisotopic (exact) mass is 458 g/mol. The molecule has 1 saturated carbocycles. The highest BCUT2D eigenvalue weighted by Crippen LogP contribution is 2.30. The van der Waals surface area contributed by atoms with Crippen molar-refractivity contribution in [3.8, 4) is 0 Å². The molecule has 0 spiro atoms. The molecule has 1 aromatic carbocycles. The van der Waals surface area contributed by atoms with Crippen LogP contribution in [-0.2, 0) is 7.05 Å². The molecule has 1 aromatic heterocycles. The number of halogens is 2. The highest BCUT2D eigenvalue weighted by Gasteiger charge is 2.25. The normalized spacial score (nSPS) is 15.2. The van der Waals surface area contributed by atoms with Crippen molar-refractivity contribution in [2.75, 3.05) is 11.9 Å². The first-order chi connectivity index (χ1) is 11.9. The van der Waals surface area contributed by atoms with Crippen LogP contribution >= 0.6 is 22.6 Å². The molecular formula is C17H20FIN4O2. The van der Waals surface area contributed by atoms with Crippen molar-refractivity contribution < 1.29 is 9.50 Å². The van der Waals surface area contributed by atoms with E-state index in [1.807, 2.05) is 22.6 Å². The zero-order valence-corrected chi connectivity index (χ0v) is 16.2. The quantitative estimate of drug-likeness (QED) is 0.458. The van der Waals surface area contributed by atoms with Crippen LogP contribution in [0.1, 0.15) is 30.3 Å². The van der Waals surface area contributed by atoms with Gasteiger partial charge in [-0.15, -0.1) is 0 Å². The summed E-state index contributed by atoms with van der Waals surface area (Å²) in [5.41, 5.74) is 0.913. The van der Waals surface area contributed by atoms with E-state index in [1.54, 1.807) is 19.1 Å². The van der Waals surface area contributed by atoms with Crippen molar-refractivity contribution in [1.82, 2.24) is 15.1 Å². The van der Waals surface area contributed by atoms with Gasteiger partial charge < -0.3 is 10.4 Å². The van der Waals surface area contributed by atoms with Crippen molar-refractivity contribution in [2.24, 2.45) is 13.0 Å². The predicted molar refractivity (Wildman–Crippen MR) is 102 cm³/mol. The minimum Gasteiger partial charge on any atom is -0.372 e. The number of hydrogen-bond acceptors (Lipinski definition) is 5. The molecule has 1 heterocycles. The molecule has 1 fully saturated rings. The van der Waals surface area contributed by atoms with E-state index < -0.39 is 12.0 Å². The van der Waals surface area contributed by atoms with Gasteiger partial charge in [0.1, 0.15) is 11.5 Å². The second-order valence-corrected chi connectivity index (χ2v) is 7.56. The van der Waals surface area contributed by atoms with Gasteiger partial charge in [-0.05, 0) is 66.5 Å². The Hall–Kier alpha value is -1.52. The summed E-state index contributed by atoms with van der Waals surface area (Å²) in [5, 5.41) is 20.6. The van der Waals surface area contributed by atoms with Crippen LogP contribution < -0.4 is 16.2 Å². The van der Waals surface area contributed by atoms with Gasteiger partial charge in [-0.1, -0.05) is 0 Å². The van der Waals surface area contributed by atoms with Crippen molar-refractivity contribution in [3.63, 3.8) is 0 Å². The lowest BCUT2D eigenvalue weighted by atomic mass is 10.1. The second-order valence-electron chi connectivity index (χ2n) is 6.32. The summed E-state index contributed by atoms with van der Waals surface area (Å²) >= 11 is 2.03. The van der Waals surface area contributed by atoms with Crippen molar-refractivity contribution in [3.05, 3.63) is 49.2 Å². The molecule has 1 unspecified atom stereocenters. The highest BCUT2D eigenvalue weighted by molar-refractivity contribution is 14.1. The minimum absolute atomic E-state index is 0.231. The minimum atomic E-state index is -1.04. The van der Waals surface area contributed by atoms with Gasteiger partial charge in [0.15, 0.2) is 6.23 Å². The number of hydrogen-bond donors (Lipinski definition) is 3. The molecule has 0 aliphatic heterocycles. The number of nitrogens with one attached hydrogen (secondary N) is 2. The fourth-order valence-electron chi connectivity index (χ4n) is 2.57. The zero-order valence-electron chi connectivity index (χ0n) is 14.0. The van der Waals surface area contributed by atoms with Gasteiger partial charge in [-0.3, -0.25) is 10.1 Å². The maximum absolute atomic E-state index is 14.2. The van der Waals surface area contributed by atoms with Gasteiger partial charge in [0.25, 0.3) is 5.56 Å². The summed E-state index contributed by atoms with van der Waals surface area (Å²) in [7, 11) is 1.53. The van der Waals surface area contributed by atoms with Gasteiger partial charge in [0.05, 0.1) is 11.4 Å². The van der Waals surface area contributed by atoms with Crippen LogP contribution in [0, 0.1) is 22.2 Å². The molecule has 2 aromatic rings. The Balaban J connectivity index is 1.97. The second kappa shape index (κ2) is 7.38. The maximum atomic E-state index is 14.2. The van der Waals surface area contributed by atoms with Crippen molar-refractivity contribution in [1.29, 1.82) is 0 Å². The third-order valence-electron chi connectivity index (χ3n) is 4.25. The van der Waals surface area contributed by atoms with E-state index >= 15 is 0 Å². The van der Waals surface area contributed by atoms with E-state index in [4.69, 9.17) is 0 Å². The summed E-state index contributed by atoms with van der Waals surface area (Å²) in [6.07, 6.45) is 1.26. The predicted octanol–water partition coefficient (Wildman–Crippen LogP) is 2.57. The number of benzene rings is 1. The molecule has 1 aliphatic rings. The first kappa shape index (κ1) is 18.3. The molecular weight excluding hydrogens is 438 g/mol. The molecule has 6 nitrogen and oxygen atoms in total. The number of rotatable bonds is 6. The standard InChI is InChI=1S/C17H20FIN4O2/c1-9-14(21-13-6-5-11(19)7-12(13)18)15(22-23(2)17(9)25)16(24)20-8-10-3-4-10/h5-7,10,16,20-21,24H,3-4,8H2,1-2H3. The molecule has 0 bridgehead atoms. The Morgan fingerprint density at radius 2 is 2.20 bits per heavy atom. The summed E-state index contributed by atoms with van der Waals surface area (Å²) < 4.78 is 16.1.